The molecule has 122 valence electrons. The van der Waals surface area contributed by atoms with Gasteiger partial charge < -0.3 is 19.5 Å². The van der Waals surface area contributed by atoms with Gasteiger partial charge in [-0.2, -0.15) is 0 Å². The highest BCUT2D eigenvalue weighted by atomic mass is 16.5. The topological polar surface area (TPSA) is 44.3 Å². The van der Waals surface area contributed by atoms with E-state index in [-0.39, 0.29) is 0 Å². The summed E-state index contributed by atoms with van der Waals surface area (Å²) in [7, 11) is 3.33. The van der Waals surface area contributed by atoms with Crippen LogP contribution < -0.4 is 19.5 Å². The fraction of sp³-hybridized carbons (Fsp3) is 0.263. The average Bonchev–Trinajstić information content (AvgIpc) is 2.61. The molecule has 0 amide bonds. The quantitative estimate of drug-likeness (QED) is 0.723. The van der Waals surface area contributed by atoms with Crippen molar-refractivity contribution in [3.8, 4) is 17.2 Å². The van der Waals surface area contributed by atoms with Crippen LogP contribution in [-0.4, -0.2) is 20.8 Å². The number of methoxy groups -OCH3 is 2. The van der Waals surface area contributed by atoms with Gasteiger partial charge in [0.2, 0.25) is 0 Å². The number of rotatable bonds is 9. The molecule has 4 heteroatoms. The van der Waals surface area contributed by atoms with Crippen LogP contribution in [0.2, 0.25) is 0 Å². The lowest BCUT2D eigenvalue weighted by atomic mass is 10.2. The maximum Gasteiger partial charge on any atom is 0.161 e. The molecule has 0 aliphatic heterocycles. The Labute approximate surface area is 137 Å². The molecule has 2 N–H and O–H groups in total. The van der Waals surface area contributed by atoms with E-state index in [1.165, 1.54) is 11.1 Å². The van der Waals surface area contributed by atoms with E-state index in [1.54, 1.807) is 20.3 Å². The second-order valence-electron chi connectivity index (χ2n) is 5.13. The molecule has 0 saturated carbocycles. The Morgan fingerprint density at radius 1 is 0.913 bits per heavy atom. The summed E-state index contributed by atoms with van der Waals surface area (Å²) in [4.78, 5) is 0. The number of hydrogen-bond donors (Lipinski definition) is 1. The van der Waals surface area contributed by atoms with E-state index in [2.05, 4.69) is 30.1 Å². The van der Waals surface area contributed by atoms with E-state index in [0.29, 0.717) is 6.61 Å². The first-order valence-corrected chi connectivity index (χ1v) is 7.62. The Balaban J connectivity index is 1.90. The number of ether oxygens (including phenoxy) is 3. The van der Waals surface area contributed by atoms with Crippen LogP contribution in [0.1, 0.15) is 11.1 Å². The van der Waals surface area contributed by atoms with Gasteiger partial charge in [0.1, 0.15) is 25.4 Å². The van der Waals surface area contributed by atoms with Crippen LogP contribution in [0.4, 0.5) is 0 Å². The molecule has 0 spiro atoms. The zero-order valence-electron chi connectivity index (χ0n) is 13.7. The van der Waals surface area contributed by atoms with E-state index < -0.39 is 0 Å². The largest absolute Gasteiger partial charge is 0.497 e. The van der Waals surface area contributed by atoms with Gasteiger partial charge in [0, 0.05) is 11.1 Å². The van der Waals surface area contributed by atoms with Crippen molar-refractivity contribution in [3.05, 3.63) is 66.2 Å². The Bertz CT molecular complexity index is 623. The molecule has 0 aromatic heterocycles. The summed E-state index contributed by atoms with van der Waals surface area (Å²) >= 11 is 0. The van der Waals surface area contributed by atoms with Crippen molar-refractivity contribution >= 4 is 0 Å². The fourth-order valence-electron chi connectivity index (χ4n) is 2.27. The van der Waals surface area contributed by atoms with Gasteiger partial charge in [-0.05, 0) is 42.5 Å². The van der Waals surface area contributed by atoms with Gasteiger partial charge in [-0.3, -0.25) is 0 Å². The second kappa shape index (κ2) is 8.86. The Morgan fingerprint density at radius 3 is 2.26 bits per heavy atom. The maximum absolute atomic E-state index is 5.56. The minimum absolute atomic E-state index is 0.472. The number of nitrogens with two attached hydrogens (primary N) is 1. The van der Waals surface area contributed by atoms with E-state index in [4.69, 9.17) is 14.2 Å². The van der Waals surface area contributed by atoms with Crippen LogP contribution in [-0.2, 0) is 13.1 Å². The summed E-state index contributed by atoms with van der Waals surface area (Å²) in [5.74, 6) is 2.38. The van der Waals surface area contributed by atoms with Gasteiger partial charge in [0.25, 0.3) is 0 Å². The zero-order chi connectivity index (χ0) is 16.5. The molecule has 2 rings (SSSR count). The van der Waals surface area contributed by atoms with Crippen LogP contribution >= 0.6 is 0 Å². The highest BCUT2D eigenvalue weighted by molar-refractivity contribution is 5.42. The van der Waals surface area contributed by atoms with Crippen molar-refractivity contribution in [2.45, 2.75) is 13.1 Å². The molecule has 0 aliphatic rings. The highest BCUT2D eigenvalue weighted by Gasteiger charge is 2.06. The normalized spacial score (nSPS) is 10.2. The minimum Gasteiger partial charge on any atom is -0.497 e. The average molecular weight is 314 g/mol. The maximum atomic E-state index is 5.56. The Morgan fingerprint density at radius 2 is 1.61 bits per heavy atom. The number of benzene rings is 2. The minimum atomic E-state index is 0.472. The lowest BCUT2D eigenvalue weighted by Gasteiger charge is -2.11. The van der Waals surface area contributed by atoms with Gasteiger partial charge in [-0.25, -0.2) is 0 Å². The predicted octanol–water partition coefficient (Wildman–Crippen LogP) is 2.53. The molecule has 0 unspecified atom stereocenters. The van der Waals surface area contributed by atoms with Crippen LogP contribution in [0.25, 0.3) is 0 Å². The van der Waals surface area contributed by atoms with E-state index in [0.717, 1.165) is 30.3 Å². The molecule has 0 radical (unpaired) electrons. The third kappa shape index (κ3) is 5.04. The highest BCUT2D eigenvalue weighted by Crippen LogP contribution is 2.27. The van der Waals surface area contributed by atoms with Gasteiger partial charge in [0.15, 0.2) is 11.5 Å². The molecule has 23 heavy (non-hydrogen) atoms. The van der Waals surface area contributed by atoms with Crippen molar-refractivity contribution < 1.29 is 19.5 Å². The standard InChI is InChI=1S/C19H23NO3/c1-4-11-23-18-10-7-16(12-19(18)22-3)14-20-13-15-5-8-17(21-2)9-6-15/h4-10,12,20H,1,11,13-14H2,2-3H3/p+1. The van der Waals surface area contributed by atoms with Crippen molar-refractivity contribution in [3.63, 3.8) is 0 Å². The SMILES string of the molecule is C=CCOc1ccc(C[NH2+]Cc2ccc(OC)cc2)cc1OC. The van der Waals surface area contributed by atoms with Gasteiger partial charge >= 0.3 is 0 Å². The van der Waals surface area contributed by atoms with Crippen LogP contribution in [0.3, 0.4) is 0 Å². The summed E-state index contributed by atoms with van der Waals surface area (Å²) in [6, 6.07) is 14.2. The Kier molecular flexibility index (Phi) is 6.51. The predicted molar refractivity (Wildman–Crippen MR) is 91.0 cm³/mol. The molecule has 4 nitrogen and oxygen atoms in total. The molecule has 2 aromatic carbocycles. The van der Waals surface area contributed by atoms with Crippen molar-refractivity contribution in [1.82, 2.24) is 0 Å². The van der Waals surface area contributed by atoms with E-state index in [9.17, 15) is 0 Å². The lowest BCUT2D eigenvalue weighted by molar-refractivity contribution is -0.686. The third-order valence-corrected chi connectivity index (χ3v) is 3.50. The fourth-order valence-corrected chi connectivity index (χ4v) is 2.27. The van der Waals surface area contributed by atoms with Crippen molar-refractivity contribution in [2.24, 2.45) is 0 Å². The summed E-state index contributed by atoms with van der Waals surface area (Å²) in [6.07, 6.45) is 1.72. The lowest BCUT2D eigenvalue weighted by Crippen LogP contribution is -2.80. The molecule has 0 bridgehead atoms. The van der Waals surface area contributed by atoms with Gasteiger partial charge in [-0.1, -0.05) is 12.7 Å². The molecule has 0 fully saturated rings. The first kappa shape index (κ1) is 16.9. The number of hydrogen-bond acceptors (Lipinski definition) is 3. The number of quaternary nitrogens is 1. The summed E-state index contributed by atoms with van der Waals surface area (Å²) in [5, 5.41) is 2.25. The third-order valence-electron chi connectivity index (χ3n) is 3.50. The Hall–Kier alpha value is -2.46. The van der Waals surface area contributed by atoms with E-state index in [1.807, 2.05) is 24.3 Å². The first-order valence-electron chi connectivity index (χ1n) is 7.62. The van der Waals surface area contributed by atoms with Crippen LogP contribution in [0, 0.1) is 0 Å². The summed E-state index contributed by atoms with van der Waals surface area (Å²) in [5.41, 5.74) is 2.46. The van der Waals surface area contributed by atoms with E-state index >= 15 is 0 Å². The van der Waals surface area contributed by atoms with Crippen molar-refractivity contribution in [1.29, 1.82) is 0 Å². The second-order valence-corrected chi connectivity index (χ2v) is 5.13. The zero-order valence-corrected chi connectivity index (χ0v) is 13.7. The molecule has 0 atom stereocenters. The van der Waals surface area contributed by atoms with Crippen molar-refractivity contribution in [2.75, 3.05) is 20.8 Å². The molecule has 2 aromatic rings. The van der Waals surface area contributed by atoms with Gasteiger partial charge in [0.05, 0.1) is 14.2 Å². The smallest absolute Gasteiger partial charge is 0.161 e. The molecular formula is C19H24NO3+. The monoisotopic (exact) mass is 314 g/mol. The molecule has 0 saturated heterocycles. The van der Waals surface area contributed by atoms with Crippen LogP contribution in [0.15, 0.2) is 55.1 Å². The molecular weight excluding hydrogens is 290 g/mol. The van der Waals surface area contributed by atoms with Crippen LogP contribution in [0.5, 0.6) is 17.2 Å². The first-order chi connectivity index (χ1) is 11.3. The molecule has 0 aliphatic carbocycles. The molecule has 0 heterocycles. The summed E-state index contributed by atoms with van der Waals surface area (Å²) in [6.45, 7) is 5.92. The summed E-state index contributed by atoms with van der Waals surface area (Å²) < 4.78 is 16.1. The van der Waals surface area contributed by atoms with Gasteiger partial charge in [-0.15, -0.1) is 0 Å².